The van der Waals surface area contributed by atoms with Crippen LogP contribution in [0.5, 0.6) is 0 Å². The Kier molecular flexibility index (Phi) is 7.21. The van der Waals surface area contributed by atoms with E-state index in [0.717, 1.165) is 25.1 Å². The molecule has 0 spiro atoms. The molecule has 42 heavy (non-hydrogen) atoms. The fourth-order valence-corrected chi connectivity index (χ4v) is 5.14. The lowest BCUT2D eigenvalue weighted by molar-refractivity contribution is -0.0180. The molecule has 2 aliphatic heterocycles. The number of aromatic nitrogens is 5. The van der Waals surface area contributed by atoms with E-state index in [9.17, 15) is 18.0 Å². The van der Waals surface area contributed by atoms with E-state index < -0.39 is 23.7 Å². The van der Waals surface area contributed by atoms with Crippen LogP contribution in [0.25, 0.3) is 22.7 Å². The normalized spacial score (nSPS) is 16.0. The van der Waals surface area contributed by atoms with Gasteiger partial charge in [-0.2, -0.15) is 8.78 Å². The summed E-state index contributed by atoms with van der Waals surface area (Å²) in [5.74, 6) is -1.54. The third-order valence-corrected chi connectivity index (χ3v) is 7.37. The average Bonchev–Trinajstić information content (AvgIpc) is 3.58. The molecule has 6 rings (SSSR count). The van der Waals surface area contributed by atoms with Gasteiger partial charge in [0.15, 0.2) is 0 Å². The zero-order valence-corrected chi connectivity index (χ0v) is 23.4. The summed E-state index contributed by atoms with van der Waals surface area (Å²) in [4.78, 5) is 16.4. The van der Waals surface area contributed by atoms with Gasteiger partial charge in [-0.3, -0.25) is 4.90 Å². The molecule has 4 aromatic rings. The van der Waals surface area contributed by atoms with Crippen LogP contribution in [0.2, 0.25) is 0 Å². The van der Waals surface area contributed by atoms with Crippen molar-refractivity contribution in [3.8, 4) is 22.7 Å². The van der Waals surface area contributed by atoms with E-state index >= 15 is 0 Å². The fourth-order valence-electron chi connectivity index (χ4n) is 5.14. The van der Waals surface area contributed by atoms with Gasteiger partial charge in [0.1, 0.15) is 17.1 Å². The van der Waals surface area contributed by atoms with Crippen LogP contribution in [0.4, 0.5) is 18.0 Å². The molecule has 0 N–H and O–H groups in total. The Morgan fingerprint density at radius 3 is 2.57 bits per heavy atom. The summed E-state index contributed by atoms with van der Waals surface area (Å²) in [5.41, 5.74) is 4.15. The number of nitrogens with zero attached hydrogens (tertiary/aromatic N) is 7. The van der Waals surface area contributed by atoms with Gasteiger partial charge in [-0.15, -0.1) is 15.3 Å². The van der Waals surface area contributed by atoms with Gasteiger partial charge in [0.05, 0.1) is 12.7 Å². The van der Waals surface area contributed by atoms with Crippen molar-refractivity contribution in [2.75, 3.05) is 19.6 Å². The molecule has 1 amide bonds. The smallest absolute Gasteiger partial charge is 0.410 e. The molecule has 10 nitrogen and oxygen atoms in total. The Bertz CT molecular complexity index is 1610. The van der Waals surface area contributed by atoms with Crippen LogP contribution in [-0.2, 0) is 24.2 Å². The number of rotatable bonds is 6. The SMILES string of the molecule is CC(C)(C)OC(=O)N1CC(N2CCc3cc(-c4cn(Cc5ccc(-c6nnc(C(F)F)o6)cc5F)nn4)ccc3C2)C1. The standard InChI is InChI=1S/C29H30F3N7O3/c1-29(2,3)42-28(40)38-14-22(15-38)37-9-8-17-10-18(4-6-20(17)12-37)24-16-39(36-33-24)13-21-7-5-19(11-23(21)30)26-34-35-27(41-26)25(31)32/h4-7,10-11,16,22,25H,8-9,12-15H2,1-3H3. The monoisotopic (exact) mass is 581 g/mol. The Labute approximate surface area is 240 Å². The number of ether oxygens (including phenoxy) is 1. The molecule has 2 aromatic heterocycles. The van der Waals surface area contributed by atoms with Gasteiger partial charge in [-0.1, -0.05) is 23.4 Å². The van der Waals surface area contributed by atoms with Crippen molar-refractivity contribution in [1.29, 1.82) is 0 Å². The average molecular weight is 582 g/mol. The molecule has 2 aliphatic rings. The fraction of sp³-hybridized carbons (Fsp3) is 0.414. The highest BCUT2D eigenvalue weighted by molar-refractivity contribution is 5.69. The molecule has 0 aliphatic carbocycles. The van der Waals surface area contributed by atoms with Crippen LogP contribution < -0.4 is 0 Å². The van der Waals surface area contributed by atoms with E-state index in [-0.39, 0.29) is 24.1 Å². The molecule has 2 aromatic carbocycles. The third-order valence-electron chi connectivity index (χ3n) is 7.37. The van der Waals surface area contributed by atoms with Crippen molar-refractivity contribution in [3.63, 3.8) is 0 Å². The summed E-state index contributed by atoms with van der Waals surface area (Å²) in [6, 6.07) is 10.8. The van der Waals surface area contributed by atoms with Crippen LogP contribution >= 0.6 is 0 Å². The minimum Gasteiger partial charge on any atom is -0.444 e. The number of fused-ring (bicyclic) bond motifs is 1. The van der Waals surface area contributed by atoms with Crippen molar-refractivity contribution < 1.29 is 27.1 Å². The predicted molar refractivity (Wildman–Crippen MR) is 145 cm³/mol. The first-order valence-electron chi connectivity index (χ1n) is 13.7. The molecular formula is C29H30F3N7O3. The first-order valence-corrected chi connectivity index (χ1v) is 13.7. The summed E-state index contributed by atoms with van der Waals surface area (Å²) in [7, 11) is 0. The Morgan fingerprint density at radius 2 is 1.86 bits per heavy atom. The summed E-state index contributed by atoms with van der Waals surface area (Å²) in [6.07, 6.45) is -0.510. The number of amides is 1. The number of hydrogen-bond donors (Lipinski definition) is 0. The van der Waals surface area contributed by atoms with Crippen molar-refractivity contribution in [3.05, 3.63) is 71.0 Å². The summed E-state index contributed by atoms with van der Waals surface area (Å²) < 4.78 is 52.2. The molecule has 220 valence electrons. The van der Waals surface area contributed by atoms with E-state index in [4.69, 9.17) is 9.15 Å². The molecule has 1 fully saturated rings. The Hall–Kier alpha value is -4.26. The first-order chi connectivity index (χ1) is 20.0. The Balaban J connectivity index is 1.07. The molecule has 13 heteroatoms. The van der Waals surface area contributed by atoms with Gasteiger partial charge >= 0.3 is 12.5 Å². The maximum Gasteiger partial charge on any atom is 0.410 e. The van der Waals surface area contributed by atoms with Gasteiger partial charge in [0, 0.05) is 48.9 Å². The summed E-state index contributed by atoms with van der Waals surface area (Å²) >= 11 is 0. The van der Waals surface area contributed by atoms with E-state index in [2.05, 4.69) is 37.5 Å². The van der Waals surface area contributed by atoms with Crippen LogP contribution in [0.15, 0.2) is 47.0 Å². The number of alkyl halides is 2. The zero-order chi connectivity index (χ0) is 29.6. The van der Waals surface area contributed by atoms with Crippen LogP contribution in [0.3, 0.4) is 0 Å². The van der Waals surface area contributed by atoms with Crippen molar-refractivity contribution in [2.45, 2.75) is 58.3 Å². The first kappa shape index (κ1) is 27.9. The lowest BCUT2D eigenvalue weighted by Gasteiger charge is -2.46. The number of carbonyl (C=O) groups excluding carboxylic acids is 1. The van der Waals surface area contributed by atoms with Gasteiger partial charge in [-0.25, -0.2) is 13.9 Å². The summed E-state index contributed by atoms with van der Waals surface area (Å²) in [6.45, 7) is 8.80. The van der Waals surface area contributed by atoms with E-state index in [0.29, 0.717) is 30.4 Å². The molecule has 0 bridgehead atoms. The predicted octanol–water partition coefficient (Wildman–Crippen LogP) is 5.10. The quantitative estimate of drug-likeness (QED) is 0.310. The van der Waals surface area contributed by atoms with E-state index in [1.54, 1.807) is 15.8 Å². The number of hydrogen-bond acceptors (Lipinski definition) is 8. The van der Waals surface area contributed by atoms with Gasteiger partial charge < -0.3 is 14.1 Å². The topological polar surface area (TPSA) is 102 Å². The maximum absolute atomic E-state index is 14.8. The lowest BCUT2D eigenvalue weighted by Crippen LogP contribution is -2.62. The van der Waals surface area contributed by atoms with Crippen molar-refractivity contribution in [2.24, 2.45) is 0 Å². The zero-order valence-electron chi connectivity index (χ0n) is 23.4. The second-order valence-electron chi connectivity index (χ2n) is 11.6. The number of carbonyl (C=O) groups is 1. The van der Waals surface area contributed by atoms with E-state index in [1.807, 2.05) is 26.8 Å². The lowest BCUT2D eigenvalue weighted by atomic mass is 9.94. The number of likely N-dealkylation sites (tertiary alicyclic amines) is 1. The minimum absolute atomic E-state index is 0.132. The number of benzene rings is 2. The second-order valence-corrected chi connectivity index (χ2v) is 11.6. The van der Waals surface area contributed by atoms with Gasteiger partial charge in [0.2, 0.25) is 5.89 Å². The third kappa shape index (κ3) is 5.87. The molecule has 4 heterocycles. The highest BCUT2D eigenvalue weighted by Gasteiger charge is 2.38. The highest BCUT2D eigenvalue weighted by atomic mass is 19.3. The van der Waals surface area contributed by atoms with Crippen LogP contribution in [-0.4, -0.2) is 72.4 Å². The van der Waals surface area contributed by atoms with Gasteiger partial charge in [-0.05, 0) is 56.5 Å². The molecule has 1 saturated heterocycles. The summed E-state index contributed by atoms with van der Waals surface area (Å²) in [5, 5.41) is 15.3. The highest BCUT2D eigenvalue weighted by Crippen LogP contribution is 2.29. The minimum atomic E-state index is -2.90. The molecule has 0 unspecified atom stereocenters. The molecule has 0 saturated carbocycles. The van der Waals surface area contributed by atoms with Crippen molar-refractivity contribution in [1.82, 2.24) is 35.0 Å². The maximum atomic E-state index is 14.8. The molecular weight excluding hydrogens is 551 g/mol. The molecule has 0 radical (unpaired) electrons. The van der Waals surface area contributed by atoms with Crippen LogP contribution in [0, 0.1) is 5.82 Å². The number of halogens is 3. The molecule has 0 atom stereocenters. The van der Waals surface area contributed by atoms with Crippen LogP contribution in [0.1, 0.15) is 49.8 Å². The van der Waals surface area contributed by atoms with Crippen molar-refractivity contribution >= 4 is 6.09 Å². The second kappa shape index (κ2) is 10.9. The largest absolute Gasteiger partial charge is 0.444 e. The van der Waals surface area contributed by atoms with Gasteiger partial charge in [0.25, 0.3) is 5.89 Å². The van der Waals surface area contributed by atoms with E-state index in [1.165, 1.54) is 29.3 Å². The Morgan fingerprint density at radius 1 is 1.07 bits per heavy atom.